The molecule has 0 unspecified atom stereocenters. The normalized spacial score (nSPS) is 12.9. The molecule has 1 rings (SSSR count). The van der Waals surface area contributed by atoms with Crippen LogP contribution in [-0.2, 0) is 10.0 Å². The topological polar surface area (TPSA) is 72.2 Å². The van der Waals surface area contributed by atoms with E-state index in [1.165, 1.54) is 12.1 Å². The lowest BCUT2D eigenvalue weighted by Gasteiger charge is -2.11. The molecule has 92 valence electrons. The highest BCUT2D eigenvalue weighted by Gasteiger charge is 2.16. The van der Waals surface area contributed by atoms with Gasteiger partial charge in [-0.3, -0.25) is 0 Å². The summed E-state index contributed by atoms with van der Waals surface area (Å²) >= 11 is 5.70. The predicted octanol–water partition coefficient (Wildman–Crippen LogP) is 1.39. The maximum absolute atomic E-state index is 11.7. The molecule has 0 spiro atoms. The van der Waals surface area contributed by atoms with Crippen LogP contribution in [0.25, 0.3) is 0 Å². The van der Waals surface area contributed by atoms with Crippen LogP contribution in [0.5, 0.6) is 0 Å². The first-order valence-corrected chi connectivity index (χ1v) is 6.30. The summed E-state index contributed by atoms with van der Waals surface area (Å²) in [5.74, 6) is 0. The first-order valence-electron chi connectivity index (χ1n) is 4.43. The van der Waals surface area contributed by atoms with Crippen molar-refractivity contribution in [2.75, 3.05) is 6.54 Å². The second-order valence-corrected chi connectivity index (χ2v) is 5.37. The molecule has 0 aromatic heterocycles. The average molecular weight is 285 g/mol. The van der Waals surface area contributed by atoms with Crippen molar-refractivity contribution in [3.8, 4) is 0 Å². The Bertz CT molecular complexity index is 437. The fraction of sp³-hybridized carbons (Fsp3) is 0.333. The third-order valence-electron chi connectivity index (χ3n) is 1.82. The van der Waals surface area contributed by atoms with Gasteiger partial charge in [-0.15, -0.1) is 12.4 Å². The molecular weight excluding hydrogens is 271 g/mol. The van der Waals surface area contributed by atoms with E-state index in [4.69, 9.17) is 17.3 Å². The second-order valence-electron chi connectivity index (χ2n) is 3.22. The van der Waals surface area contributed by atoms with Crippen molar-refractivity contribution >= 4 is 34.0 Å². The Morgan fingerprint density at radius 2 is 2.12 bits per heavy atom. The van der Waals surface area contributed by atoms with Crippen molar-refractivity contribution in [2.45, 2.75) is 17.9 Å². The monoisotopic (exact) mass is 284 g/mol. The Morgan fingerprint density at radius 3 is 2.62 bits per heavy atom. The summed E-state index contributed by atoms with van der Waals surface area (Å²) in [6.07, 6.45) is 0. The first-order chi connectivity index (χ1) is 6.95. The minimum atomic E-state index is -3.51. The summed E-state index contributed by atoms with van der Waals surface area (Å²) in [5.41, 5.74) is 5.33. The number of benzene rings is 1. The van der Waals surface area contributed by atoms with E-state index in [0.717, 1.165) is 0 Å². The number of hydrogen-bond donors (Lipinski definition) is 2. The van der Waals surface area contributed by atoms with Gasteiger partial charge in [-0.2, -0.15) is 0 Å². The molecular formula is C9H14Cl2N2O2S. The van der Waals surface area contributed by atoms with E-state index >= 15 is 0 Å². The van der Waals surface area contributed by atoms with Crippen molar-refractivity contribution in [2.24, 2.45) is 5.73 Å². The molecule has 0 aliphatic heterocycles. The zero-order chi connectivity index (χ0) is 11.5. The molecule has 0 saturated carbocycles. The summed E-state index contributed by atoms with van der Waals surface area (Å²) in [7, 11) is -3.51. The molecule has 0 aliphatic carbocycles. The molecule has 0 amide bonds. The molecule has 0 heterocycles. The van der Waals surface area contributed by atoms with E-state index < -0.39 is 10.0 Å². The van der Waals surface area contributed by atoms with Gasteiger partial charge in [0.2, 0.25) is 10.0 Å². The molecule has 1 atom stereocenters. The van der Waals surface area contributed by atoms with Gasteiger partial charge < -0.3 is 5.73 Å². The van der Waals surface area contributed by atoms with E-state index in [9.17, 15) is 8.42 Å². The first kappa shape index (κ1) is 15.7. The summed E-state index contributed by atoms with van der Waals surface area (Å²) in [6.45, 7) is 1.95. The van der Waals surface area contributed by atoms with E-state index in [-0.39, 0.29) is 29.9 Å². The zero-order valence-corrected chi connectivity index (χ0v) is 11.1. The Labute approximate surface area is 107 Å². The van der Waals surface area contributed by atoms with Crippen LogP contribution >= 0.6 is 24.0 Å². The maximum Gasteiger partial charge on any atom is 0.240 e. The fourth-order valence-electron chi connectivity index (χ4n) is 1.02. The Balaban J connectivity index is 0.00000225. The maximum atomic E-state index is 11.7. The van der Waals surface area contributed by atoms with Gasteiger partial charge in [0.15, 0.2) is 0 Å². The van der Waals surface area contributed by atoms with Crippen LogP contribution in [0.15, 0.2) is 29.2 Å². The lowest BCUT2D eigenvalue weighted by Crippen LogP contribution is -2.37. The quantitative estimate of drug-likeness (QED) is 0.878. The Morgan fingerprint density at radius 1 is 1.50 bits per heavy atom. The molecule has 4 nitrogen and oxygen atoms in total. The van der Waals surface area contributed by atoms with E-state index in [2.05, 4.69) is 4.72 Å². The summed E-state index contributed by atoms with van der Waals surface area (Å²) < 4.78 is 25.9. The van der Waals surface area contributed by atoms with Crippen molar-refractivity contribution in [1.29, 1.82) is 0 Å². The third kappa shape index (κ3) is 4.27. The summed E-state index contributed by atoms with van der Waals surface area (Å²) in [5, 5.41) is 0.387. The molecule has 0 radical (unpaired) electrons. The highest BCUT2D eigenvalue weighted by atomic mass is 35.5. The van der Waals surface area contributed by atoms with E-state index in [1.54, 1.807) is 19.1 Å². The summed E-state index contributed by atoms with van der Waals surface area (Å²) in [6, 6.07) is 5.79. The van der Waals surface area contributed by atoms with Gasteiger partial charge in [0.05, 0.1) is 4.90 Å². The van der Waals surface area contributed by atoms with Gasteiger partial charge >= 0.3 is 0 Å². The predicted molar refractivity (Wildman–Crippen MR) is 67.5 cm³/mol. The van der Waals surface area contributed by atoms with Gasteiger partial charge in [0.1, 0.15) is 0 Å². The molecule has 0 fully saturated rings. The van der Waals surface area contributed by atoms with Crippen LogP contribution in [0.2, 0.25) is 5.02 Å². The van der Waals surface area contributed by atoms with Gasteiger partial charge in [-0.1, -0.05) is 17.7 Å². The fourth-order valence-corrected chi connectivity index (χ4v) is 2.57. The van der Waals surface area contributed by atoms with Gasteiger partial charge in [-0.25, -0.2) is 13.1 Å². The molecule has 0 saturated heterocycles. The molecule has 7 heteroatoms. The smallest absolute Gasteiger partial charge is 0.240 e. The zero-order valence-electron chi connectivity index (χ0n) is 8.68. The number of hydrogen-bond acceptors (Lipinski definition) is 3. The second kappa shape index (κ2) is 6.42. The molecule has 16 heavy (non-hydrogen) atoms. The minimum absolute atomic E-state index is 0. The molecule has 0 bridgehead atoms. The standard InChI is InChI=1S/C9H13ClN2O2S.ClH/c1-7(6-11)12-15(13,14)9-4-2-3-8(10)5-9;/h2-5,7,12H,6,11H2,1H3;1H/t7-;/m1./s1. The van der Waals surface area contributed by atoms with Crippen molar-refractivity contribution in [3.05, 3.63) is 29.3 Å². The minimum Gasteiger partial charge on any atom is -0.329 e. The number of sulfonamides is 1. The van der Waals surface area contributed by atoms with Crippen LogP contribution in [0.3, 0.4) is 0 Å². The van der Waals surface area contributed by atoms with E-state index in [1.807, 2.05) is 0 Å². The molecule has 0 aliphatic rings. The largest absolute Gasteiger partial charge is 0.329 e. The van der Waals surface area contributed by atoms with Crippen LogP contribution in [0.1, 0.15) is 6.92 Å². The van der Waals surface area contributed by atoms with Crippen LogP contribution in [-0.4, -0.2) is 21.0 Å². The number of rotatable bonds is 4. The third-order valence-corrected chi connectivity index (χ3v) is 3.64. The average Bonchev–Trinajstić information content (AvgIpc) is 2.17. The molecule has 1 aromatic rings. The van der Waals surface area contributed by atoms with Crippen molar-refractivity contribution in [1.82, 2.24) is 4.72 Å². The van der Waals surface area contributed by atoms with Gasteiger partial charge in [0.25, 0.3) is 0 Å². The van der Waals surface area contributed by atoms with Crippen LogP contribution < -0.4 is 10.5 Å². The number of halogens is 2. The van der Waals surface area contributed by atoms with Gasteiger partial charge in [0, 0.05) is 17.6 Å². The van der Waals surface area contributed by atoms with Gasteiger partial charge in [-0.05, 0) is 25.1 Å². The SMILES string of the molecule is C[C@H](CN)NS(=O)(=O)c1cccc(Cl)c1.Cl. The Hall–Kier alpha value is -0.330. The number of nitrogens with two attached hydrogens (primary N) is 1. The lowest BCUT2D eigenvalue weighted by atomic mass is 10.4. The number of nitrogens with one attached hydrogen (secondary N) is 1. The lowest BCUT2D eigenvalue weighted by molar-refractivity contribution is 0.562. The van der Waals surface area contributed by atoms with Crippen LogP contribution in [0.4, 0.5) is 0 Å². The van der Waals surface area contributed by atoms with Crippen molar-refractivity contribution < 1.29 is 8.42 Å². The van der Waals surface area contributed by atoms with Crippen molar-refractivity contribution in [3.63, 3.8) is 0 Å². The van der Waals surface area contributed by atoms with Crippen LogP contribution in [0, 0.1) is 0 Å². The molecule has 3 N–H and O–H groups in total. The highest BCUT2D eigenvalue weighted by molar-refractivity contribution is 7.89. The molecule has 1 aromatic carbocycles. The highest BCUT2D eigenvalue weighted by Crippen LogP contribution is 2.15. The summed E-state index contributed by atoms with van der Waals surface area (Å²) in [4.78, 5) is 0.148. The Kier molecular flexibility index (Phi) is 6.28. The van der Waals surface area contributed by atoms with E-state index in [0.29, 0.717) is 5.02 Å².